The summed E-state index contributed by atoms with van der Waals surface area (Å²) in [5, 5.41) is 3.82. The second-order valence-corrected chi connectivity index (χ2v) is 6.65. The van der Waals surface area contributed by atoms with Gasteiger partial charge in [-0.05, 0) is 56.8 Å². The van der Waals surface area contributed by atoms with E-state index < -0.39 is 0 Å². The zero-order valence-corrected chi connectivity index (χ0v) is 12.7. The third kappa shape index (κ3) is 3.44. The van der Waals surface area contributed by atoms with Gasteiger partial charge in [0.05, 0.1) is 12.3 Å². The van der Waals surface area contributed by atoms with Gasteiger partial charge < -0.3 is 9.73 Å². The summed E-state index contributed by atoms with van der Waals surface area (Å²) in [6.07, 6.45) is 9.94. The molecule has 20 heavy (non-hydrogen) atoms. The van der Waals surface area contributed by atoms with Crippen LogP contribution in [0.5, 0.6) is 0 Å². The highest BCUT2D eigenvalue weighted by atomic mass is 16.3. The molecule has 112 valence electrons. The van der Waals surface area contributed by atoms with Gasteiger partial charge in [-0.1, -0.05) is 19.8 Å². The summed E-state index contributed by atoms with van der Waals surface area (Å²) in [6, 6.07) is 5.28. The highest BCUT2D eigenvalue weighted by Gasteiger charge is 2.27. The maximum Gasteiger partial charge on any atom is 0.122 e. The Morgan fingerprint density at radius 2 is 2.15 bits per heavy atom. The Kier molecular flexibility index (Phi) is 4.79. The Hall–Kier alpha value is -0.800. The molecule has 1 saturated heterocycles. The van der Waals surface area contributed by atoms with Gasteiger partial charge in [-0.2, -0.15) is 0 Å². The lowest BCUT2D eigenvalue weighted by molar-refractivity contribution is 0.194. The van der Waals surface area contributed by atoms with Crippen molar-refractivity contribution in [1.82, 2.24) is 10.2 Å². The monoisotopic (exact) mass is 276 g/mol. The van der Waals surface area contributed by atoms with Crippen LogP contribution in [0.2, 0.25) is 0 Å². The molecule has 3 heteroatoms. The minimum Gasteiger partial charge on any atom is -0.468 e. The van der Waals surface area contributed by atoms with Crippen LogP contribution in [-0.2, 0) is 0 Å². The van der Waals surface area contributed by atoms with E-state index >= 15 is 0 Å². The second-order valence-electron chi connectivity index (χ2n) is 6.65. The van der Waals surface area contributed by atoms with E-state index in [4.69, 9.17) is 4.42 Å². The zero-order valence-electron chi connectivity index (χ0n) is 12.7. The minimum atomic E-state index is 0.421. The number of hydrogen-bond donors (Lipinski definition) is 1. The van der Waals surface area contributed by atoms with Gasteiger partial charge in [0.2, 0.25) is 0 Å². The molecule has 1 aromatic rings. The van der Waals surface area contributed by atoms with Gasteiger partial charge in [-0.3, -0.25) is 4.90 Å². The van der Waals surface area contributed by atoms with Gasteiger partial charge in [-0.15, -0.1) is 0 Å². The number of likely N-dealkylation sites (tertiary alicyclic amines) is 1. The van der Waals surface area contributed by atoms with Gasteiger partial charge in [0.25, 0.3) is 0 Å². The SMILES string of the molecule is CC1CCCC(NCC(c2ccco2)N2CCCC2)C1. The Balaban J connectivity index is 1.58. The molecule has 1 aliphatic carbocycles. The standard InChI is InChI=1S/C17H28N2O/c1-14-6-4-7-15(12-14)18-13-16(17-8-5-11-20-17)19-9-2-3-10-19/h5,8,11,14-16,18H,2-4,6-7,9-10,12-13H2,1H3. The van der Waals surface area contributed by atoms with E-state index in [2.05, 4.69) is 23.2 Å². The first-order chi connectivity index (χ1) is 9.83. The molecular formula is C17H28N2O. The van der Waals surface area contributed by atoms with E-state index in [0.29, 0.717) is 12.1 Å². The minimum absolute atomic E-state index is 0.421. The maximum atomic E-state index is 5.69. The van der Waals surface area contributed by atoms with E-state index in [9.17, 15) is 0 Å². The largest absolute Gasteiger partial charge is 0.468 e. The quantitative estimate of drug-likeness (QED) is 0.891. The second kappa shape index (κ2) is 6.77. The number of nitrogens with one attached hydrogen (secondary N) is 1. The summed E-state index contributed by atoms with van der Waals surface area (Å²) in [5.74, 6) is 2.01. The molecule has 3 nitrogen and oxygen atoms in total. The molecule has 3 atom stereocenters. The summed E-state index contributed by atoms with van der Waals surface area (Å²) in [6.45, 7) is 5.85. The Labute approximate surface area is 122 Å². The lowest BCUT2D eigenvalue weighted by Crippen LogP contribution is -2.40. The molecule has 1 N–H and O–H groups in total. The van der Waals surface area contributed by atoms with Crippen molar-refractivity contribution in [2.75, 3.05) is 19.6 Å². The predicted octanol–water partition coefficient (Wildman–Crippen LogP) is 3.58. The average Bonchev–Trinajstić information content (AvgIpc) is 3.12. The lowest BCUT2D eigenvalue weighted by Gasteiger charge is -2.31. The van der Waals surface area contributed by atoms with E-state index in [1.807, 2.05) is 6.07 Å². The third-order valence-corrected chi connectivity index (χ3v) is 4.99. The van der Waals surface area contributed by atoms with E-state index in [0.717, 1.165) is 18.2 Å². The van der Waals surface area contributed by atoms with Crippen LogP contribution in [0.1, 0.15) is 57.3 Å². The molecule has 2 heterocycles. The van der Waals surface area contributed by atoms with Gasteiger partial charge in [0.1, 0.15) is 5.76 Å². The molecule has 0 amide bonds. The van der Waals surface area contributed by atoms with Gasteiger partial charge in [0.15, 0.2) is 0 Å². The fourth-order valence-corrected chi connectivity index (χ4v) is 3.84. The Morgan fingerprint density at radius 1 is 1.30 bits per heavy atom. The van der Waals surface area contributed by atoms with Gasteiger partial charge in [-0.25, -0.2) is 0 Å². The first-order valence-corrected chi connectivity index (χ1v) is 8.34. The summed E-state index contributed by atoms with van der Waals surface area (Å²) in [7, 11) is 0. The number of hydrogen-bond acceptors (Lipinski definition) is 3. The molecule has 3 unspecified atom stereocenters. The van der Waals surface area contributed by atoms with Crippen LogP contribution < -0.4 is 5.32 Å². The van der Waals surface area contributed by atoms with Crippen LogP contribution in [0.15, 0.2) is 22.8 Å². The van der Waals surface area contributed by atoms with Crippen molar-refractivity contribution >= 4 is 0 Å². The third-order valence-electron chi connectivity index (χ3n) is 4.99. The highest BCUT2D eigenvalue weighted by Crippen LogP contribution is 2.27. The van der Waals surface area contributed by atoms with Gasteiger partial charge in [0, 0.05) is 12.6 Å². The predicted molar refractivity (Wildman–Crippen MR) is 81.7 cm³/mol. The van der Waals surface area contributed by atoms with E-state index in [1.165, 1.54) is 51.6 Å². The normalized spacial score (nSPS) is 29.6. The summed E-state index contributed by atoms with van der Waals surface area (Å²) >= 11 is 0. The maximum absolute atomic E-state index is 5.69. The summed E-state index contributed by atoms with van der Waals surface area (Å²) in [4.78, 5) is 2.58. The zero-order chi connectivity index (χ0) is 13.8. The molecule has 1 aromatic heterocycles. The number of rotatable bonds is 5. The van der Waals surface area contributed by atoms with Crippen molar-refractivity contribution in [2.24, 2.45) is 5.92 Å². The fraction of sp³-hybridized carbons (Fsp3) is 0.765. The molecule has 3 rings (SSSR count). The van der Waals surface area contributed by atoms with Crippen LogP contribution in [-0.4, -0.2) is 30.6 Å². The molecule has 1 saturated carbocycles. The average molecular weight is 276 g/mol. The van der Waals surface area contributed by atoms with Crippen molar-refractivity contribution in [3.05, 3.63) is 24.2 Å². The smallest absolute Gasteiger partial charge is 0.122 e. The molecule has 2 aliphatic rings. The van der Waals surface area contributed by atoms with Crippen LogP contribution in [0, 0.1) is 5.92 Å². The number of nitrogens with zero attached hydrogens (tertiary/aromatic N) is 1. The van der Waals surface area contributed by atoms with Crippen LogP contribution >= 0.6 is 0 Å². The molecule has 1 aliphatic heterocycles. The molecule has 0 bridgehead atoms. The topological polar surface area (TPSA) is 28.4 Å². The summed E-state index contributed by atoms with van der Waals surface area (Å²) in [5.41, 5.74) is 0. The molecule has 0 spiro atoms. The van der Waals surface area contributed by atoms with Gasteiger partial charge >= 0.3 is 0 Å². The van der Waals surface area contributed by atoms with Crippen molar-refractivity contribution in [3.63, 3.8) is 0 Å². The fourth-order valence-electron chi connectivity index (χ4n) is 3.84. The molecule has 2 fully saturated rings. The van der Waals surface area contributed by atoms with Crippen LogP contribution in [0.25, 0.3) is 0 Å². The van der Waals surface area contributed by atoms with Crippen molar-refractivity contribution in [1.29, 1.82) is 0 Å². The number of furan rings is 1. The first kappa shape index (κ1) is 14.2. The highest BCUT2D eigenvalue weighted by molar-refractivity contribution is 5.06. The van der Waals surface area contributed by atoms with Crippen LogP contribution in [0.4, 0.5) is 0 Å². The Bertz CT molecular complexity index is 384. The Morgan fingerprint density at radius 3 is 2.85 bits per heavy atom. The molecule has 0 radical (unpaired) electrons. The van der Waals surface area contributed by atoms with E-state index in [1.54, 1.807) is 6.26 Å². The van der Waals surface area contributed by atoms with Crippen LogP contribution in [0.3, 0.4) is 0 Å². The molecular weight excluding hydrogens is 248 g/mol. The van der Waals surface area contributed by atoms with Crippen molar-refractivity contribution in [3.8, 4) is 0 Å². The summed E-state index contributed by atoms with van der Waals surface area (Å²) < 4.78 is 5.69. The van der Waals surface area contributed by atoms with Crippen molar-refractivity contribution in [2.45, 2.75) is 57.5 Å². The van der Waals surface area contributed by atoms with E-state index in [-0.39, 0.29) is 0 Å². The van der Waals surface area contributed by atoms with Crippen molar-refractivity contribution < 1.29 is 4.42 Å². The first-order valence-electron chi connectivity index (χ1n) is 8.34. The molecule has 0 aromatic carbocycles. The lowest BCUT2D eigenvalue weighted by atomic mass is 9.87.